The predicted octanol–water partition coefficient (Wildman–Crippen LogP) is 10.4. The summed E-state index contributed by atoms with van der Waals surface area (Å²) >= 11 is 0. The Balaban J connectivity index is 1.35. The van der Waals surface area contributed by atoms with Crippen LogP contribution in [0, 0.1) is 0 Å². The summed E-state index contributed by atoms with van der Waals surface area (Å²) in [5.41, 5.74) is 16.1. The van der Waals surface area contributed by atoms with E-state index in [0.29, 0.717) is 0 Å². The second-order valence-electron chi connectivity index (χ2n) is 15.0. The molecular weight excluding hydrogens is 615 g/mol. The fourth-order valence-corrected chi connectivity index (χ4v) is 8.61. The van der Waals surface area contributed by atoms with E-state index in [0.717, 1.165) is 0 Å². The van der Waals surface area contributed by atoms with Gasteiger partial charge in [-0.15, -0.1) is 0 Å². The lowest BCUT2D eigenvalue weighted by Gasteiger charge is -2.45. The minimum atomic E-state index is -0.243. The largest absolute Gasteiger partial charge is 0.311 e. The van der Waals surface area contributed by atoms with Crippen LogP contribution in [0.1, 0.15) is 49.9 Å². The van der Waals surface area contributed by atoms with Crippen LogP contribution in [0.15, 0.2) is 176 Å². The molecule has 0 unspecified atom stereocenters. The maximum Gasteiger partial charge on any atom is 0.252 e. The smallest absolute Gasteiger partial charge is 0.252 e. The lowest BCUT2D eigenvalue weighted by atomic mass is 9.33. The first-order valence-electron chi connectivity index (χ1n) is 18.1. The molecule has 2 heterocycles. The second kappa shape index (κ2) is 11.9. The van der Waals surface area contributed by atoms with Crippen LogP contribution >= 0.6 is 0 Å². The molecular formula is C48H41BN2. The van der Waals surface area contributed by atoms with Crippen molar-refractivity contribution in [3.05, 3.63) is 198 Å². The molecule has 2 aliphatic rings. The monoisotopic (exact) mass is 656 g/mol. The first-order chi connectivity index (χ1) is 24.9. The number of hydrogen-bond donors (Lipinski definition) is 0. The van der Waals surface area contributed by atoms with Gasteiger partial charge in [0.05, 0.1) is 5.69 Å². The highest BCUT2D eigenvalue weighted by atomic mass is 15.2. The molecule has 0 aliphatic carbocycles. The van der Waals surface area contributed by atoms with Gasteiger partial charge in [-0.3, -0.25) is 0 Å². The molecule has 0 atom stereocenters. The van der Waals surface area contributed by atoms with Crippen LogP contribution in [0.5, 0.6) is 0 Å². The minimum absolute atomic E-state index is 0.0850. The molecule has 9 rings (SSSR count). The van der Waals surface area contributed by atoms with E-state index in [1.165, 1.54) is 72.8 Å². The lowest BCUT2D eigenvalue weighted by molar-refractivity contribution is 0.639. The Hall–Kier alpha value is -5.80. The molecule has 0 radical (unpaired) electrons. The summed E-state index contributed by atoms with van der Waals surface area (Å²) in [5, 5.41) is 0. The summed E-state index contributed by atoms with van der Waals surface area (Å²) in [6.07, 6.45) is 0. The Labute approximate surface area is 302 Å². The van der Waals surface area contributed by atoms with E-state index < -0.39 is 0 Å². The molecule has 2 nitrogen and oxygen atoms in total. The summed E-state index contributed by atoms with van der Waals surface area (Å²) < 4.78 is 0. The molecule has 0 bridgehead atoms. The van der Waals surface area contributed by atoms with Crippen LogP contribution in [0.25, 0.3) is 0 Å². The first-order valence-corrected chi connectivity index (χ1v) is 18.1. The molecule has 0 aromatic heterocycles. The van der Waals surface area contributed by atoms with Gasteiger partial charge in [-0.2, -0.15) is 0 Å². The van der Waals surface area contributed by atoms with Crippen LogP contribution in [-0.4, -0.2) is 6.71 Å². The van der Waals surface area contributed by atoms with Crippen molar-refractivity contribution in [2.45, 2.75) is 38.5 Å². The first kappa shape index (κ1) is 31.2. The number of nitrogens with zero attached hydrogens (tertiary/aromatic N) is 2. The number of para-hydroxylation sites is 3. The summed E-state index contributed by atoms with van der Waals surface area (Å²) in [6.45, 7) is 9.50. The summed E-state index contributed by atoms with van der Waals surface area (Å²) in [6, 6.07) is 64.9. The zero-order valence-corrected chi connectivity index (χ0v) is 29.7. The van der Waals surface area contributed by atoms with Crippen molar-refractivity contribution in [3.63, 3.8) is 0 Å². The van der Waals surface area contributed by atoms with E-state index in [1.54, 1.807) is 0 Å². The number of fused-ring (bicyclic) bond motifs is 4. The van der Waals surface area contributed by atoms with Gasteiger partial charge >= 0.3 is 0 Å². The van der Waals surface area contributed by atoms with Crippen molar-refractivity contribution in [2.24, 2.45) is 0 Å². The quantitative estimate of drug-likeness (QED) is 0.164. The van der Waals surface area contributed by atoms with Crippen LogP contribution in [0.3, 0.4) is 0 Å². The SMILES string of the molecule is CC(C)(c1ccccc1)c1ccc2c(c1)N(c1ccccc1C(C)(C)c1ccccc1)c1cccc3c1B2c1ccccc1N3c1ccccc1. The standard InChI is InChI=1S/C48H41BN2/c1-47(2,34-19-8-5-9-20-34)36-31-32-40-45(33-36)51(41-27-16-14-25-38(41)48(3,4)35-21-10-6-11-22-35)44-30-18-29-43-46(44)49(40)39-26-15-17-28-42(39)50(43)37-23-12-7-13-24-37/h5-33H,1-4H3. The summed E-state index contributed by atoms with van der Waals surface area (Å²) in [5.74, 6) is 0. The number of rotatable bonds is 6. The Kier molecular flexibility index (Phi) is 7.29. The van der Waals surface area contributed by atoms with Gasteiger partial charge < -0.3 is 9.80 Å². The van der Waals surface area contributed by atoms with Crippen LogP contribution in [0.2, 0.25) is 0 Å². The van der Waals surface area contributed by atoms with Crippen molar-refractivity contribution >= 4 is 57.2 Å². The molecule has 0 N–H and O–H groups in total. The van der Waals surface area contributed by atoms with Crippen molar-refractivity contribution < 1.29 is 0 Å². The third-order valence-electron chi connectivity index (χ3n) is 11.4. The highest BCUT2D eigenvalue weighted by Gasteiger charge is 2.44. The van der Waals surface area contributed by atoms with Crippen molar-refractivity contribution in [1.82, 2.24) is 0 Å². The molecule has 246 valence electrons. The average Bonchev–Trinajstić information content (AvgIpc) is 3.18. The number of anilines is 6. The number of benzene rings is 7. The van der Waals surface area contributed by atoms with Crippen molar-refractivity contribution in [1.29, 1.82) is 0 Å². The molecule has 0 spiro atoms. The molecule has 3 heteroatoms. The second-order valence-corrected chi connectivity index (χ2v) is 15.0. The van der Waals surface area contributed by atoms with Crippen molar-refractivity contribution in [3.8, 4) is 0 Å². The maximum absolute atomic E-state index is 2.58. The lowest BCUT2D eigenvalue weighted by Crippen LogP contribution is -2.61. The fourth-order valence-electron chi connectivity index (χ4n) is 8.61. The molecule has 0 saturated heterocycles. The normalized spacial score (nSPS) is 13.4. The molecule has 0 amide bonds. The fraction of sp³-hybridized carbons (Fsp3) is 0.125. The highest BCUT2D eigenvalue weighted by molar-refractivity contribution is 7.00. The Morgan fingerprint density at radius 1 is 0.373 bits per heavy atom. The molecule has 0 fully saturated rings. The van der Waals surface area contributed by atoms with Gasteiger partial charge in [0, 0.05) is 39.3 Å². The van der Waals surface area contributed by atoms with Gasteiger partial charge in [-0.1, -0.05) is 161 Å². The van der Waals surface area contributed by atoms with E-state index in [4.69, 9.17) is 0 Å². The van der Waals surface area contributed by atoms with Gasteiger partial charge in [-0.25, -0.2) is 0 Å². The Morgan fingerprint density at radius 2 is 0.882 bits per heavy atom. The Bertz CT molecular complexity index is 2380. The molecule has 2 aliphatic heterocycles. The zero-order chi connectivity index (χ0) is 34.7. The topological polar surface area (TPSA) is 6.48 Å². The van der Waals surface area contributed by atoms with Crippen LogP contribution in [0.4, 0.5) is 34.1 Å². The average molecular weight is 657 g/mol. The van der Waals surface area contributed by atoms with Crippen LogP contribution in [-0.2, 0) is 10.8 Å². The van der Waals surface area contributed by atoms with E-state index in [2.05, 4.69) is 213 Å². The van der Waals surface area contributed by atoms with Crippen molar-refractivity contribution in [2.75, 3.05) is 9.80 Å². The molecule has 51 heavy (non-hydrogen) atoms. The van der Waals surface area contributed by atoms with E-state index in [9.17, 15) is 0 Å². The summed E-state index contributed by atoms with van der Waals surface area (Å²) in [7, 11) is 0. The van der Waals surface area contributed by atoms with Gasteiger partial charge in [0.25, 0.3) is 6.71 Å². The molecule has 7 aromatic carbocycles. The van der Waals surface area contributed by atoms with Gasteiger partial charge in [0.15, 0.2) is 0 Å². The minimum Gasteiger partial charge on any atom is -0.311 e. The zero-order valence-electron chi connectivity index (χ0n) is 29.7. The highest BCUT2D eigenvalue weighted by Crippen LogP contribution is 2.48. The van der Waals surface area contributed by atoms with E-state index >= 15 is 0 Å². The van der Waals surface area contributed by atoms with Crippen LogP contribution < -0.4 is 26.2 Å². The van der Waals surface area contributed by atoms with E-state index in [1.807, 2.05) is 0 Å². The summed E-state index contributed by atoms with van der Waals surface area (Å²) in [4.78, 5) is 5.03. The third-order valence-corrected chi connectivity index (χ3v) is 11.4. The van der Waals surface area contributed by atoms with Gasteiger partial charge in [-0.05, 0) is 81.1 Å². The Morgan fingerprint density at radius 3 is 1.57 bits per heavy atom. The van der Waals surface area contributed by atoms with E-state index in [-0.39, 0.29) is 17.5 Å². The predicted molar refractivity (Wildman–Crippen MR) is 218 cm³/mol. The maximum atomic E-state index is 2.58. The number of hydrogen-bond acceptors (Lipinski definition) is 2. The molecule has 7 aromatic rings. The van der Waals surface area contributed by atoms with Gasteiger partial charge in [0.2, 0.25) is 0 Å². The molecule has 0 saturated carbocycles. The van der Waals surface area contributed by atoms with Gasteiger partial charge in [0.1, 0.15) is 0 Å². The third kappa shape index (κ3) is 4.87.